The van der Waals surface area contributed by atoms with E-state index in [0.717, 1.165) is 25.2 Å². The molecule has 1 aliphatic carbocycles. The highest BCUT2D eigenvalue weighted by Gasteiger charge is 2.36. The summed E-state index contributed by atoms with van der Waals surface area (Å²) >= 11 is 0. The molecule has 9 nitrogen and oxygen atoms in total. The molecule has 11 heteroatoms. The summed E-state index contributed by atoms with van der Waals surface area (Å²) in [4.78, 5) is 22.4. The van der Waals surface area contributed by atoms with Gasteiger partial charge in [0.25, 0.3) is 5.69 Å². The largest absolute Gasteiger partial charge is 0.378 e. The number of anilines is 1. The first kappa shape index (κ1) is 22.1. The lowest BCUT2D eigenvalue weighted by molar-refractivity contribution is -0.384. The maximum Gasteiger partial charge on any atom is 0.293 e. The smallest absolute Gasteiger partial charge is 0.293 e. The quantitative estimate of drug-likeness (QED) is 0.350. The number of nitro groups is 1. The fourth-order valence-electron chi connectivity index (χ4n) is 2.82. The normalized spacial score (nSPS) is 15.8. The van der Waals surface area contributed by atoms with Crippen LogP contribution < -0.4 is 16.4 Å². The molecule has 0 saturated heterocycles. The zero-order valence-corrected chi connectivity index (χ0v) is 16.0. The van der Waals surface area contributed by atoms with Crippen LogP contribution in [0, 0.1) is 10.1 Å². The minimum atomic E-state index is -3.53. The van der Waals surface area contributed by atoms with Gasteiger partial charge in [-0.1, -0.05) is 12.8 Å². The monoisotopic (exact) mass is 406 g/mol. The van der Waals surface area contributed by atoms with Gasteiger partial charge in [-0.3, -0.25) is 14.9 Å². The van der Waals surface area contributed by atoms with Gasteiger partial charge in [0, 0.05) is 25.4 Å². The molecule has 0 atom stereocenters. The molecule has 4 N–H and O–H groups in total. The average Bonchev–Trinajstić information content (AvgIpc) is 2.98. The number of benzene rings is 1. The Morgan fingerprint density at radius 3 is 2.46 bits per heavy atom. The summed E-state index contributed by atoms with van der Waals surface area (Å²) in [7, 11) is -3.53. The van der Waals surface area contributed by atoms with Gasteiger partial charge in [0.05, 0.1) is 15.4 Å². The van der Waals surface area contributed by atoms with E-state index in [-0.39, 0.29) is 47.7 Å². The van der Waals surface area contributed by atoms with E-state index in [1.165, 1.54) is 12.1 Å². The van der Waals surface area contributed by atoms with Crippen LogP contribution in [0.2, 0.25) is 0 Å². The predicted octanol–water partition coefficient (Wildman–Crippen LogP) is 1.22. The summed E-state index contributed by atoms with van der Waals surface area (Å²) in [6.45, 7) is 0.504. The zero-order chi connectivity index (χ0) is 18.7. The predicted molar refractivity (Wildman–Crippen MR) is 100 cm³/mol. The Balaban J connectivity index is 0.00000338. The number of hydrogen-bond acceptors (Lipinski definition) is 7. The van der Waals surface area contributed by atoms with E-state index in [2.05, 4.69) is 10.6 Å². The second kappa shape index (κ2) is 8.65. The molecule has 0 spiro atoms. The number of rotatable bonds is 7. The van der Waals surface area contributed by atoms with Crippen LogP contribution in [0.15, 0.2) is 23.1 Å². The van der Waals surface area contributed by atoms with E-state index in [0.29, 0.717) is 12.8 Å². The topological polar surface area (TPSA) is 144 Å². The Bertz CT molecular complexity index is 778. The fraction of sp³-hybridized carbons (Fsp3) is 0.533. The fourth-order valence-corrected chi connectivity index (χ4v) is 3.47. The minimum absolute atomic E-state index is 0. The van der Waals surface area contributed by atoms with E-state index >= 15 is 0 Å². The lowest BCUT2D eigenvalue weighted by atomic mass is 9.98. The lowest BCUT2D eigenvalue weighted by Gasteiger charge is -2.22. The molecule has 146 valence electrons. The summed E-state index contributed by atoms with van der Waals surface area (Å²) in [5, 5.41) is 16.7. The van der Waals surface area contributed by atoms with Crippen LogP contribution in [0.4, 0.5) is 11.4 Å². The molecule has 26 heavy (non-hydrogen) atoms. The number of carbonyl (C=O) groups is 1. The van der Waals surface area contributed by atoms with Gasteiger partial charge in [-0.05, 0) is 25.0 Å². The van der Waals surface area contributed by atoms with Crippen molar-refractivity contribution < 1.29 is 18.1 Å². The maximum absolute atomic E-state index is 12.1. The van der Waals surface area contributed by atoms with Crippen molar-refractivity contribution >= 4 is 39.5 Å². The number of nitrogens with two attached hydrogens (primary N) is 1. The van der Waals surface area contributed by atoms with Crippen LogP contribution in [0.1, 0.15) is 25.7 Å². The Morgan fingerprint density at radius 1 is 1.31 bits per heavy atom. The van der Waals surface area contributed by atoms with Crippen LogP contribution >= 0.6 is 12.4 Å². The number of sulfone groups is 1. The van der Waals surface area contributed by atoms with Crippen molar-refractivity contribution in [1.82, 2.24) is 5.32 Å². The third-order valence-electron chi connectivity index (χ3n) is 4.27. The van der Waals surface area contributed by atoms with Crippen molar-refractivity contribution in [2.75, 3.05) is 24.7 Å². The number of amides is 1. The Kier molecular flexibility index (Phi) is 7.36. The van der Waals surface area contributed by atoms with E-state index in [1.54, 1.807) is 0 Å². The van der Waals surface area contributed by atoms with E-state index < -0.39 is 20.3 Å². The average molecular weight is 407 g/mol. The van der Waals surface area contributed by atoms with Gasteiger partial charge >= 0.3 is 0 Å². The molecule has 1 fully saturated rings. The molecular formula is C15H23ClN4O5S. The zero-order valence-electron chi connectivity index (χ0n) is 14.4. The highest BCUT2D eigenvalue weighted by Crippen LogP contribution is 2.28. The van der Waals surface area contributed by atoms with Gasteiger partial charge in [-0.25, -0.2) is 8.42 Å². The van der Waals surface area contributed by atoms with Crippen LogP contribution in [-0.4, -0.2) is 44.1 Å². The number of nitro benzene ring substituents is 1. The second-order valence-corrected chi connectivity index (χ2v) is 8.27. The number of nitrogens with one attached hydrogen (secondary N) is 2. The Hall–Kier alpha value is -1.91. The third kappa shape index (κ3) is 5.29. The van der Waals surface area contributed by atoms with Crippen LogP contribution in [0.5, 0.6) is 0 Å². The maximum atomic E-state index is 12.1. The molecule has 0 bridgehead atoms. The van der Waals surface area contributed by atoms with E-state index in [1.807, 2.05) is 0 Å². The molecule has 0 unspecified atom stereocenters. The molecular weight excluding hydrogens is 384 g/mol. The molecule has 0 aliphatic heterocycles. The van der Waals surface area contributed by atoms with E-state index in [9.17, 15) is 23.3 Å². The lowest BCUT2D eigenvalue weighted by Crippen LogP contribution is -2.52. The van der Waals surface area contributed by atoms with Gasteiger partial charge < -0.3 is 16.4 Å². The van der Waals surface area contributed by atoms with Gasteiger partial charge in [0.2, 0.25) is 5.91 Å². The van der Waals surface area contributed by atoms with Gasteiger partial charge in [0.15, 0.2) is 9.84 Å². The molecule has 1 amide bonds. The van der Waals surface area contributed by atoms with Gasteiger partial charge in [-0.2, -0.15) is 0 Å². The number of hydrogen-bond donors (Lipinski definition) is 3. The Labute approximate surface area is 158 Å². The van der Waals surface area contributed by atoms with Crippen molar-refractivity contribution in [1.29, 1.82) is 0 Å². The molecule has 1 aliphatic rings. The van der Waals surface area contributed by atoms with Crippen molar-refractivity contribution in [3.05, 3.63) is 28.3 Å². The first-order valence-electron chi connectivity index (χ1n) is 7.93. The summed E-state index contributed by atoms with van der Waals surface area (Å²) in [5.74, 6) is -0.214. The molecule has 1 aromatic carbocycles. The molecule has 0 heterocycles. The number of carbonyl (C=O) groups excluding carboxylic acids is 1. The van der Waals surface area contributed by atoms with Crippen molar-refractivity contribution in [2.45, 2.75) is 36.1 Å². The van der Waals surface area contributed by atoms with Crippen LogP contribution in [-0.2, 0) is 14.6 Å². The molecule has 1 aromatic rings. The second-order valence-electron chi connectivity index (χ2n) is 6.25. The number of nitrogens with zero attached hydrogens (tertiary/aromatic N) is 1. The summed E-state index contributed by atoms with van der Waals surface area (Å²) in [6.07, 6.45) is 4.16. The summed E-state index contributed by atoms with van der Waals surface area (Å²) in [5.41, 5.74) is 5.08. The van der Waals surface area contributed by atoms with Gasteiger partial charge in [-0.15, -0.1) is 12.4 Å². The molecule has 2 rings (SSSR count). The first-order chi connectivity index (χ1) is 11.6. The van der Waals surface area contributed by atoms with Crippen molar-refractivity contribution in [3.63, 3.8) is 0 Å². The third-order valence-corrected chi connectivity index (χ3v) is 5.38. The van der Waals surface area contributed by atoms with Crippen LogP contribution in [0.25, 0.3) is 0 Å². The van der Waals surface area contributed by atoms with Crippen molar-refractivity contribution in [2.24, 2.45) is 5.73 Å². The van der Waals surface area contributed by atoms with E-state index in [4.69, 9.17) is 5.73 Å². The molecule has 1 saturated carbocycles. The summed E-state index contributed by atoms with van der Waals surface area (Å²) < 4.78 is 23.0. The van der Waals surface area contributed by atoms with Crippen molar-refractivity contribution in [3.8, 4) is 0 Å². The number of halogens is 1. The minimum Gasteiger partial charge on any atom is -0.378 e. The summed E-state index contributed by atoms with van der Waals surface area (Å²) in [6, 6.07) is 3.66. The Morgan fingerprint density at radius 2 is 1.92 bits per heavy atom. The van der Waals surface area contributed by atoms with Gasteiger partial charge in [0.1, 0.15) is 5.69 Å². The van der Waals surface area contributed by atoms with Crippen LogP contribution in [0.3, 0.4) is 0 Å². The molecule has 0 aromatic heterocycles. The molecule has 0 radical (unpaired) electrons. The standard InChI is InChI=1S/C15H22N4O5S.ClH/c1-25(23,24)11-4-5-12(13(10-11)19(21)22)17-8-9-18-14(20)15(16)6-2-3-7-15;/h4-5,10,17H,2-3,6-9,16H2,1H3,(H,18,20);1H. The SMILES string of the molecule is CS(=O)(=O)c1ccc(NCCNC(=O)C2(N)CCCC2)c([N+](=O)[O-])c1.Cl. The highest BCUT2D eigenvalue weighted by molar-refractivity contribution is 7.90. The first-order valence-corrected chi connectivity index (χ1v) is 9.82. The highest BCUT2D eigenvalue weighted by atomic mass is 35.5.